The largest absolute Gasteiger partial charge is 0.364 e. The normalized spacial score (nSPS) is 12.9. The van der Waals surface area contributed by atoms with Crippen molar-refractivity contribution >= 4 is 34.8 Å². The maximum atomic E-state index is 12.6. The number of nitrogens with one attached hydrogen (secondary N) is 2. The van der Waals surface area contributed by atoms with Gasteiger partial charge in [-0.2, -0.15) is 5.10 Å². The predicted molar refractivity (Wildman–Crippen MR) is 108 cm³/mol. The van der Waals surface area contributed by atoms with Crippen LogP contribution in [0.25, 0.3) is 5.69 Å². The van der Waals surface area contributed by atoms with E-state index < -0.39 is 5.91 Å². The molecule has 0 atom stereocenters. The lowest BCUT2D eigenvalue weighted by atomic mass is 10.1. The van der Waals surface area contributed by atoms with Crippen molar-refractivity contribution in [2.45, 2.75) is 0 Å². The molecule has 2 aromatic carbocycles. The van der Waals surface area contributed by atoms with Gasteiger partial charge in [0.1, 0.15) is 5.69 Å². The quantitative estimate of drug-likeness (QED) is 0.625. The number of fused-ring (bicyclic) bond motifs is 1. The molecule has 1 aromatic heterocycles. The number of benzene rings is 2. The van der Waals surface area contributed by atoms with Crippen LogP contribution in [0.2, 0.25) is 0 Å². The standard InChI is InChI=1S/C20H18N6O3/c1-25-11-18(27)23-16-10-12(2-7-17(16)25)20(29)22-13-3-5-14(6-4-13)26-9-8-15(24-26)19(21)28/h2-10H,11H2,1H3,(H2,21,28)(H,22,29)(H,23,27). The van der Waals surface area contributed by atoms with Crippen LogP contribution in [0.1, 0.15) is 20.8 Å². The van der Waals surface area contributed by atoms with Gasteiger partial charge in [-0.1, -0.05) is 0 Å². The Kier molecular flexibility index (Phi) is 4.47. The minimum absolute atomic E-state index is 0.119. The molecule has 29 heavy (non-hydrogen) atoms. The molecule has 0 unspecified atom stereocenters. The average molecular weight is 390 g/mol. The van der Waals surface area contributed by atoms with Gasteiger partial charge in [-0.05, 0) is 48.5 Å². The molecule has 1 aliphatic heterocycles. The molecule has 0 saturated carbocycles. The van der Waals surface area contributed by atoms with Gasteiger partial charge >= 0.3 is 0 Å². The summed E-state index contributed by atoms with van der Waals surface area (Å²) in [6.07, 6.45) is 1.63. The van der Waals surface area contributed by atoms with Gasteiger partial charge in [0.25, 0.3) is 11.8 Å². The second kappa shape index (κ2) is 7.12. The van der Waals surface area contributed by atoms with Crippen molar-refractivity contribution < 1.29 is 14.4 Å². The van der Waals surface area contributed by atoms with E-state index in [1.807, 2.05) is 11.9 Å². The Morgan fingerprint density at radius 3 is 2.59 bits per heavy atom. The molecule has 0 saturated heterocycles. The lowest BCUT2D eigenvalue weighted by Crippen LogP contribution is -2.35. The summed E-state index contributed by atoms with van der Waals surface area (Å²) in [5, 5.41) is 9.69. The highest BCUT2D eigenvalue weighted by atomic mass is 16.2. The van der Waals surface area contributed by atoms with Gasteiger partial charge in [-0.15, -0.1) is 0 Å². The molecule has 9 heteroatoms. The second-order valence-corrected chi connectivity index (χ2v) is 6.65. The van der Waals surface area contributed by atoms with Gasteiger partial charge in [0.2, 0.25) is 5.91 Å². The summed E-state index contributed by atoms with van der Waals surface area (Å²) in [4.78, 5) is 37.3. The molecule has 4 rings (SSSR count). The third-order valence-electron chi connectivity index (χ3n) is 4.56. The lowest BCUT2D eigenvalue weighted by molar-refractivity contribution is -0.115. The molecule has 1 aliphatic rings. The number of likely N-dealkylation sites (N-methyl/N-ethyl adjacent to an activating group) is 1. The number of primary amides is 1. The first kappa shape index (κ1) is 18.2. The van der Waals surface area contributed by atoms with Gasteiger partial charge in [-0.25, -0.2) is 4.68 Å². The van der Waals surface area contributed by atoms with Gasteiger partial charge in [0, 0.05) is 24.5 Å². The Morgan fingerprint density at radius 1 is 1.14 bits per heavy atom. The van der Waals surface area contributed by atoms with Crippen molar-refractivity contribution in [3.63, 3.8) is 0 Å². The number of nitrogens with zero attached hydrogens (tertiary/aromatic N) is 3. The third kappa shape index (κ3) is 3.65. The fourth-order valence-electron chi connectivity index (χ4n) is 3.10. The highest BCUT2D eigenvalue weighted by Crippen LogP contribution is 2.29. The number of amides is 3. The first-order valence-corrected chi connectivity index (χ1v) is 8.83. The lowest BCUT2D eigenvalue weighted by Gasteiger charge is -2.27. The summed E-state index contributed by atoms with van der Waals surface area (Å²) in [5.74, 6) is -1.01. The van der Waals surface area contributed by atoms with Crippen molar-refractivity contribution in [3.05, 3.63) is 66.0 Å². The second-order valence-electron chi connectivity index (χ2n) is 6.65. The molecule has 3 aromatic rings. The first-order valence-electron chi connectivity index (χ1n) is 8.83. The molecule has 4 N–H and O–H groups in total. The number of hydrogen-bond donors (Lipinski definition) is 3. The molecular formula is C20H18N6O3. The number of anilines is 3. The first-order chi connectivity index (χ1) is 13.9. The Morgan fingerprint density at radius 2 is 1.90 bits per heavy atom. The van der Waals surface area contributed by atoms with Crippen LogP contribution in [0, 0.1) is 0 Å². The molecule has 0 radical (unpaired) electrons. The number of aromatic nitrogens is 2. The monoisotopic (exact) mass is 390 g/mol. The summed E-state index contributed by atoms with van der Waals surface area (Å²) in [7, 11) is 1.82. The van der Waals surface area contributed by atoms with Crippen molar-refractivity contribution in [2.24, 2.45) is 5.73 Å². The fraction of sp³-hybridized carbons (Fsp3) is 0.100. The molecule has 2 heterocycles. The molecule has 0 spiro atoms. The molecule has 9 nitrogen and oxygen atoms in total. The fourth-order valence-corrected chi connectivity index (χ4v) is 3.10. The zero-order valence-corrected chi connectivity index (χ0v) is 15.5. The van der Waals surface area contributed by atoms with E-state index in [2.05, 4.69) is 15.7 Å². The topological polar surface area (TPSA) is 122 Å². The molecule has 3 amide bonds. The predicted octanol–water partition coefficient (Wildman–Crippen LogP) is 1.61. The van der Waals surface area contributed by atoms with Crippen LogP contribution in [-0.2, 0) is 4.79 Å². The van der Waals surface area contributed by atoms with E-state index in [1.54, 1.807) is 48.7 Å². The van der Waals surface area contributed by atoms with Crippen LogP contribution in [0.15, 0.2) is 54.7 Å². The van der Waals surface area contributed by atoms with Crippen molar-refractivity contribution in [1.29, 1.82) is 0 Å². The van der Waals surface area contributed by atoms with Crippen LogP contribution in [0.5, 0.6) is 0 Å². The van der Waals surface area contributed by atoms with E-state index in [9.17, 15) is 14.4 Å². The van der Waals surface area contributed by atoms with Crippen molar-refractivity contribution in [1.82, 2.24) is 9.78 Å². The number of hydrogen-bond acceptors (Lipinski definition) is 5. The maximum Gasteiger partial charge on any atom is 0.269 e. The van der Waals surface area contributed by atoms with E-state index in [4.69, 9.17) is 5.73 Å². The molecule has 146 valence electrons. The van der Waals surface area contributed by atoms with E-state index in [0.29, 0.717) is 16.9 Å². The van der Waals surface area contributed by atoms with Crippen LogP contribution < -0.4 is 21.3 Å². The number of nitrogens with two attached hydrogens (primary N) is 1. The van der Waals surface area contributed by atoms with Crippen LogP contribution in [-0.4, -0.2) is 41.1 Å². The van der Waals surface area contributed by atoms with Crippen LogP contribution in [0.3, 0.4) is 0 Å². The average Bonchev–Trinajstić information content (AvgIpc) is 3.18. The SMILES string of the molecule is CN1CC(=O)Nc2cc(C(=O)Nc3ccc(-n4ccc(C(N)=O)n4)cc3)ccc21. The van der Waals surface area contributed by atoms with E-state index in [0.717, 1.165) is 11.4 Å². The summed E-state index contributed by atoms with van der Waals surface area (Å²) >= 11 is 0. The number of carbonyl (C=O) groups excluding carboxylic acids is 3. The third-order valence-corrected chi connectivity index (χ3v) is 4.56. The van der Waals surface area contributed by atoms with E-state index >= 15 is 0 Å². The summed E-state index contributed by atoms with van der Waals surface area (Å²) in [5.41, 5.74) is 8.60. The Bertz CT molecular complexity index is 1120. The van der Waals surface area contributed by atoms with Crippen LogP contribution >= 0.6 is 0 Å². The Labute approximate surface area is 166 Å². The molecular weight excluding hydrogens is 372 g/mol. The number of carbonyl (C=O) groups is 3. The summed E-state index contributed by atoms with van der Waals surface area (Å²) < 4.78 is 1.52. The Balaban J connectivity index is 1.49. The van der Waals surface area contributed by atoms with Crippen molar-refractivity contribution in [2.75, 3.05) is 29.1 Å². The smallest absolute Gasteiger partial charge is 0.269 e. The molecule has 0 bridgehead atoms. The van der Waals surface area contributed by atoms with Gasteiger partial charge in [0.15, 0.2) is 0 Å². The minimum atomic E-state index is -0.597. The van der Waals surface area contributed by atoms with Crippen molar-refractivity contribution in [3.8, 4) is 5.69 Å². The van der Waals surface area contributed by atoms with Gasteiger partial charge < -0.3 is 21.3 Å². The summed E-state index contributed by atoms with van der Waals surface area (Å²) in [6, 6.07) is 13.7. The van der Waals surface area contributed by atoms with Gasteiger partial charge in [0.05, 0.1) is 23.6 Å². The minimum Gasteiger partial charge on any atom is -0.364 e. The highest BCUT2D eigenvalue weighted by Gasteiger charge is 2.20. The van der Waals surface area contributed by atoms with E-state index in [1.165, 1.54) is 10.7 Å². The molecule has 0 aliphatic carbocycles. The van der Waals surface area contributed by atoms with Gasteiger partial charge in [-0.3, -0.25) is 14.4 Å². The van der Waals surface area contributed by atoms with E-state index in [-0.39, 0.29) is 24.1 Å². The van der Waals surface area contributed by atoms with Crippen LogP contribution in [0.4, 0.5) is 17.1 Å². The maximum absolute atomic E-state index is 12.6. The zero-order valence-electron chi connectivity index (χ0n) is 15.5. The highest BCUT2D eigenvalue weighted by molar-refractivity contribution is 6.07. The molecule has 0 fully saturated rings. The summed E-state index contributed by atoms with van der Waals surface area (Å²) in [6.45, 7) is 0.280. The number of rotatable bonds is 4. The Hall–Kier alpha value is -4.14. The zero-order chi connectivity index (χ0) is 20.5.